The van der Waals surface area contributed by atoms with Gasteiger partial charge in [-0.3, -0.25) is 9.89 Å². The Morgan fingerprint density at radius 3 is 2.84 bits per heavy atom. The second kappa shape index (κ2) is 7.46. The summed E-state index contributed by atoms with van der Waals surface area (Å²) >= 11 is 5.89. The molecule has 3 rings (SSSR count). The molecule has 0 radical (unpaired) electrons. The second-order valence-electron chi connectivity index (χ2n) is 5.42. The molecular formula is C18H15ClFN3O2. The molecule has 1 atom stereocenters. The van der Waals surface area contributed by atoms with Gasteiger partial charge in [-0.1, -0.05) is 35.9 Å². The molecule has 0 aliphatic carbocycles. The Hall–Kier alpha value is -2.70. The second-order valence-corrected chi connectivity index (χ2v) is 5.86. The minimum absolute atomic E-state index is 0.0128. The van der Waals surface area contributed by atoms with Gasteiger partial charge in [0.25, 0.3) is 5.91 Å². The number of aromatic amines is 1. The summed E-state index contributed by atoms with van der Waals surface area (Å²) in [7, 11) is 0. The number of carbonyl (C=O) groups is 1. The fraction of sp³-hybridized carbons (Fsp3) is 0.111. The number of nitrogens with zero attached hydrogens (tertiary/aromatic N) is 1. The van der Waals surface area contributed by atoms with Gasteiger partial charge in [0.15, 0.2) is 0 Å². The van der Waals surface area contributed by atoms with Crippen molar-refractivity contribution in [3.05, 3.63) is 76.7 Å². The number of benzene rings is 2. The normalized spacial score (nSPS) is 12.0. The molecule has 1 aromatic heterocycles. The number of aliphatic hydroxyl groups excluding tert-OH is 1. The lowest BCUT2D eigenvalue weighted by atomic mass is 10.1. The van der Waals surface area contributed by atoms with Crippen molar-refractivity contribution in [2.24, 2.45) is 0 Å². The third kappa shape index (κ3) is 3.87. The molecular weight excluding hydrogens is 345 g/mol. The van der Waals surface area contributed by atoms with Crippen molar-refractivity contribution >= 4 is 17.5 Å². The van der Waals surface area contributed by atoms with Crippen LogP contribution < -0.4 is 5.32 Å². The van der Waals surface area contributed by atoms with E-state index in [1.54, 1.807) is 42.5 Å². The Bertz CT molecular complexity index is 897. The van der Waals surface area contributed by atoms with Crippen LogP contribution in [0.4, 0.5) is 4.39 Å². The van der Waals surface area contributed by atoms with Gasteiger partial charge in [-0.25, -0.2) is 4.39 Å². The van der Waals surface area contributed by atoms with Crippen LogP contribution in [0.25, 0.3) is 11.3 Å². The molecule has 0 aliphatic heterocycles. The van der Waals surface area contributed by atoms with Crippen LogP contribution in [0.15, 0.2) is 54.7 Å². The monoisotopic (exact) mass is 359 g/mol. The molecule has 1 heterocycles. The van der Waals surface area contributed by atoms with E-state index in [4.69, 9.17) is 11.6 Å². The number of carbonyl (C=O) groups excluding carboxylic acids is 1. The fourth-order valence-electron chi connectivity index (χ4n) is 2.44. The summed E-state index contributed by atoms with van der Waals surface area (Å²) in [6, 6.07) is 12.9. The van der Waals surface area contributed by atoms with Crippen molar-refractivity contribution in [3.8, 4) is 11.3 Å². The highest BCUT2D eigenvalue weighted by atomic mass is 35.5. The minimum atomic E-state index is -0.911. The maximum absolute atomic E-state index is 13.9. The van der Waals surface area contributed by atoms with Crippen molar-refractivity contribution in [3.63, 3.8) is 0 Å². The number of H-pyrrole nitrogens is 1. The Labute approximate surface area is 148 Å². The first kappa shape index (κ1) is 17.1. The molecule has 0 bridgehead atoms. The number of halogens is 2. The lowest BCUT2D eigenvalue weighted by molar-refractivity contribution is 0.0917. The van der Waals surface area contributed by atoms with Crippen LogP contribution in [0, 0.1) is 5.82 Å². The average molecular weight is 360 g/mol. The van der Waals surface area contributed by atoms with Crippen LogP contribution >= 0.6 is 11.6 Å². The highest BCUT2D eigenvalue weighted by Crippen LogP contribution is 2.24. The van der Waals surface area contributed by atoms with Gasteiger partial charge in [0.05, 0.1) is 23.6 Å². The number of nitrogens with one attached hydrogen (secondary N) is 2. The molecule has 128 valence electrons. The lowest BCUT2D eigenvalue weighted by Gasteiger charge is -2.12. The van der Waals surface area contributed by atoms with E-state index in [-0.39, 0.29) is 23.4 Å². The maximum atomic E-state index is 13.9. The predicted octanol–water partition coefficient (Wildman–Crippen LogP) is 3.33. The number of aromatic nitrogens is 2. The summed E-state index contributed by atoms with van der Waals surface area (Å²) in [5, 5.41) is 19.7. The van der Waals surface area contributed by atoms with Gasteiger partial charge in [-0.05, 0) is 29.8 Å². The molecule has 25 heavy (non-hydrogen) atoms. The van der Waals surface area contributed by atoms with Gasteiger partial charge in [0.2, 0.25) is 0 Å². The van der Waals surface area contributed by atoms with Gasteiger partial charge in [0, 0.05) is 17.1 Å². The number of hydrogen-bond donors (Lipinski definition) is 3. The van der Waals surface area contributed by atoms with Crippen molar-refractivity contribution in [2.75, 3.05) is 6.54 Å². The van der Waals surface area contributed by atoms with E-state index in [0.717, 1.165) is 0 Å². The molecule has 1 amide bonds. The molecule has 0 fully saturated rings. The summed E-state index contributed by atoms with van der Waals surface area (Å²) in [5.41, 5.74) is 1.33. The van der Waals surface area contributed by atoms with Gasteiger partial charge >= 0.3 is 0 Å². The average Bonchev–Trinajstić information content (AvgIpc) is 3.09. The highest BCUT2D eigenvalue weighted by molar-refractivity contribution is 6.30. The molecule has 3 N–H and O–H groups in total. The Balaban J connectivity index is 1.73. The number of rotatable bonds is 5. The summed E-state index contributed by atoms with van der Waals surface area (Å²) in [6.45, 7) is -0.0128. The topological polar surface area (TPSA) is 78.0 Å². The van der Waals surface area contributed by atoms with E-state index in [0.29, 0.717) is 10.6 Å². The van der Waals surface area contributed by atoms with Crippen molar-refractivity contribution in [2.45, 2.75) is 6.10 Å². The number of hydrogen-bond acceptors (Lipinski definition) is 3. The standard InChI is InChI=1S/C18H15ClFN3O2/c19-12-5-3-4-11(8-12)16(24)10-21-18(25)14-9-22-23-17(14)13-6-1-2-7-15(13)20/h1-9,16,24H,10H2,(H,21,25)(H,22,23)/t16-/m1/s1. The number of amides is 1. The molecule has 0 saturated carbocycles. The largest absolute Gasteiger partial charge is 0.387 e. The van der Waals surface area contributed by atoms with E-state index in [9.17, 15) is 14.3 Å². The van der Waals surface area contributed by atoms with Crippen molar-refractivity contribution in [1.29, 1.82) is 0 Å². The van der Waals surface area contributed by atoms with Crippen LogP contribution in [0.1, 0.15) is 22.0 Å². The lowest BCUT2D eigenvalue weighted by Crippen LogP contribution is -2.28. The van der Waals surface area contributed by atoms with E-state index < -0.39 is 17.8 Å². The van der Waals surface area contributed by atoms with Crippen LogP contribution in [0.5, 0.6) is 0 Å². The van der Waals surface area contributed by atoms with Gasteiger partial charge in [-0.2, -0.15) is 5.10 Å². The molecule has 0 saturated heterocycles. The van der Waals surface area contributed by atoms with Crippen molar-refractivity contribution < 1.29 is 14.3 Å². The van der Waals surface area contributed by atoms with E-state index in [1.165, 1.54) is 12.3 Å². The summed E-state index contributed by atoms with van der Waals surface area (Å²) in [5.74, 6) is -0.923. The fourth-order valence-corrected chi connectivity index (χ4v) is 2.64. The van der Waals surface area contributed by atoms with E-state index in [2.05, 4.69) is 15.5 Å². The Kier molecular flexibility index (Phi) is 5.11. The van der Waals surface area contributed by atoms with E-state index >= 15 is 0 Å². The molecule has 0 unspecified atom stereocenters. The zero-order chi connectivity index (χ0) is 17.8. The third-order valence-corrected chi connectivity index (χ3v) is 3.95. The predicted molar refractivity (Wildman–Crippen MR) is 92.7 cm³/mol. The number of aliphatic hydroxyl groups is 1. The van der Waals surface area contributed by atoms with Gasteiger partial charge < -0.3 is 10.4 Å². The van der Waals surface area contributed by atoms with E-state index in [1.807, 2.05) is 0 Å². The van der Waals surface area contributed by atoms with Gasteiger partial charge in [-0.15, -0.1) is 0 Å². The van der Waals surface area contributed by atoms with Gasteiger partial charge in [0.1, 0.15) is 5.82 Å². The summed E-state index contributed by atoms with van der Waals surface area (Å²) in [6.07, 6.45) is 0.412. The molecule has 3 aromatic rings. The van der Waals surface area contributed by atoms with Crippen LogP contribution in [-0.4, -0.2) is 27.8 Å². The first-order valence-electron chi connectivity index (χ1n) is 7.56. The minimum Gasteiger partial charge on any atom is -0.387 e. The Morgan fingerprint density at radius 2 is 2.08 bits per heavy atom. The smallest absolute Gasteiger partial charge is 0.255 e. The van der Waals surface area contributed by atoms with Crippen molar-refractivity contribution in [1.82, 2.24) is 15.5 Å². The highest BCUT2D eigenvalue weighted by Gasteiger charge is 2.18. The molecule has 5 nitrogen and oxygen atoms in total. The molecule has 7 heteroatoms. The summed E-state index contributed by atoms with van der Waals surface area (Å²) in [4.78, 5) is 12.4. The third-order valence-electron chi connectivity index (χ3n) is 3.72. The maximum Gasteiger partial charge on any atom is 0.255 e. The van der Waals surface area contributed by atoms with Crippen LogP contribution in [0.3, 0.4) is 0 Å². The first-order chi connectivity index (χ1) is 12.1. The molecule has 2 aromatic carbocycles. The van der Waals surface area contributed by atoms with Crippen LogP contribution in [0.2, 0.25) is 5.02 Å². The van der Waals surface area contributed by atoms with Crippen LogP contribution in [-0.2, 0) is 0 Å². The zero-order valence-electron chi connectivity index (χ0n) is 13.0. The Morgan fingerprint density at radius 1 is 1.28 bits per heavy atom. The summed E-state index contributed by atoms with van der Waals surface area (Å²) < 4.78 is 13.9. The zero-order valence-corrected chi connectivity index (χ0v) is 13.8. The molecule has 0 aliphatic rings. The SMILES string of the molecule is O=C(NC[C@@H](O)c1cccc(Cl)c1)c1cn[nH]c1-c1ccccc1F. The first-order valence-corrected chi connectivity index (χ1v) is 7.94. The quantitative estimate of drug-likeness (QED) is 0.654. The molecule has 0 spiro atoms.